The van der Waals surface area contributed by atoms with E-state index in [-0.39, 0.29) is 0 Å². The van der Waals surface area contributed by atoms with Gasteiger partial charge in [-0.3, -0.25) is 4.90 Å². The Bertz CT molecular complexity index is 314. The van der Waals surface area contributed by atoms with Crippen LogP contribution in [0.15, 0.2) is 18.6 Å². The molecular weight excluding hydrogens is 212 g/mol. The van der Waals surface area contributed by atoms with Crippen LogP contribution in [0.4, 0.5) is 0 Å². The summed E-state index contributed by atoms with van der Waals surface area (Å²) in [5.74, 6) is 0. The van der Waals surface area contributed by atoms with E-state index < -0.39 is 0 Å². The van der Waals surface area contributed by atoms with Crippen molar-refractivity contribution in [3.05, 3.63) is 24.3 Å². The molecule has 2 rings (SSSR count). The minimum absolute atomic E-state index is 0.658. The zero-order valence-corrected chi connectivity index (χ0v) is 10.6. The van der Waals surface area contributed by atoms with Crippen molar-refractivity contribution in [1.82, 2.24) is 20.2 Å². The number of piperidine rings is 1. The van der Waals surface area contributed by atoms with Gasteiger partial charge in [0.1, 0.15) is 6.33 Å². The molecule has 1 aliphatic rings. The SMILES string of the molecule is CCCNC1CCCN(Cc2ccncn2)C1. The molecule has 1 atom stereocenters. The van der Waals surface area contributed by atoms with Crippen LogP contribution in [-0.2, 0) is 6.54 Å². The highest BCUT2D eigenvalue weighted by atomic mass is 15.2. The van der Waals surface area contributed by atoms with Gasteiger partial charge in [0, 0.05) is 25.3 Å². The van der Waals surface area contributed by atoms with Crippen molar-refractivity contribution < 1.29 is 0 Å². The second kappa shape index (κ2) is 6.67. The molecule has 2 heterocycles. The van der Waals surface area contributed by atoms with Crippen LogP contribution in [0.2, 0.25) is 0 Å². The van der Waals surface area contributed by atoms with Gasteiger partial charge >= 0.3 is 0 Å². The van der Waals surface area contributed by atoms with Gasteiger partial charge in [-0.15, -0.1) is 0 Å². The Morgan fingerprint density at radius 3 is 3.24 bits per heavy atom. The molecule has 0 spiro atoms. The number of nitrogens with one attached hydrogen (secondary N) is 1. The van der Waals surface area contributed by atoms with E-state index in [2.05, 4.69) is 27.1 Å². The van der Waals surface area contributed by atoms with Gasteiger partial charge in [-0.1, -0.05) is 6.92 Å². The van der Waals surface area contributed by atoms with E-state index in [0.29, 0.717) is 6.04 Å². The third kappa shape index (κ3) is 4.06. The van der Waals surface area contributed by atoms with E-state index in [1.165, 1.54) is 25.8 Å². The van der Waals surface area contributed by atoms with E-state index in [1.807, 2.05) is 12.3 Å². The molecule has 17 heavy (non-hydrogen) atoms. The number of nitrogens with zero attached hydrogens (tertiary/aromatic N) is 3. The lowest BCUT2D eigenvalue weighted by molar-refractivity contribution is 0.182. The van der Waals surface area contributed by atoms with Crippen LogP contribution in [-0.4, -0.2) is 40.5 Å². The zero-order valence-electron chi connectivity index (χ0n) is 10.6. The Morgan fingerprint density at radius 2 is 2.47 bits per heavy atom. The number of rotatable bonds is 5. The minimum Gasteiger partial charge on any atom is -0.313 e. The maximum atomic E-state index is 4.29. The van der Waals surface area contributed by atoms with Crippen molar-refractivity contribution in [2.75, 3.05) is 19.6 Å². The largest absolute Gasteiger partial charge is 0.313 e. The molecule has 1 saturated heterocycles. The molecule has 0 bridgehead atoms. The first kappa shape index (κ1) is 12.5. The fourth-order valence-corrected chi connectivity index (χ4v) is 2.35. The molecule has 0 aliphatic carbocycles. The third-order valence-corrected chi connectivity index (χ3v) is 3.22. The Labute approximate surface area is 103 Å². The van der Waals surface area contributed by atoms with Crippen LogP contribution in [0, 0.1) is 0 Å². The monoisotopic (exact) mass is 234 g/mol. The standard InChI is InChI=1S/C13H22N4/c1-2-6-15-12-4-3-8-17(9-12)10-13-5-7-14-11-16-13/h5,7,11-12,15H,2-4,6,8-10H2,1H3. The van der Waals surface area contributed by atoms with Crippen molar-refractivity contribution in [2.24, 2.45) is 0 Å². The smallest absolute Gasteiger partial charge is 0.115 e. The molecule has 1 aromatic rings. The highest BCUT2D eigenvalue weighted by Gasteiger charge is 2.19. The molecule has 4 nitrogen and oxygen atoms in total. The number of likely N-dealkylation sites (tertiary alicyclic amines) is 1. The zero-order chi connectivity index (χ0) is 11.9. The van der Waals surface area contributed by atoms with Gasteiger partial charge < -0.3 is 5.32 Å². The molecule has 0 aromatic carbocycles. The topological polar surface area (TPSA) is 41.0 Å². The first-order valence-electron chi connectivity index (χ1n) is 6.59. The maximum absolute atomic E-state index is 4.29. The lowest BCUT2D eigenvalue weighted by Gasteiger charge is -2.33. The molecule has 4 heteroatoms. The van der Waals surface area contributed by atoms with E-state index in [9.17, 15) is 0 Å². The van der Waals surface area contributed by atoms with Crippen LogP contribution in [0.1, 0.15) is 31.9 Å². The van der Waals surface area contributed by atoms with Crippen molar-refractivity contribution in [3.8, 4) is 0 Å². The van der Waals surface area contributed by atoms with Crippen molar-refractivity contribution in [1.29, 1.82) is 0 Å². The van der Waals surface area contributed by atoms with Gasteiger partial charge in [-0.2, -0.15) is 0 Å². The summed E-state index contributed by atoms with van der Waals surface area (Å²) < 4.78 is 0. The number of aromatic nitrogens is 2. The fraction of sp³-hybridized carbons (Fsp3) is 0.692. The van der Waals surface area contributed by atoms with Crippen LogP contribution in [0.3, 0.4) is 0 Å². The number of hydrogen-bond donors (Lipinski definition) is 1. The molecular formula is C13H22N4. The molecule has 1 unspecified atom stereocenters. The van der Waals surface area contributed by atoms with Crippen molar-refractivity contribution >= 4 is 0 Å². The third-order valence-electron chi connectivity index (χ3n) is 3.22. The molecule has 1 fully saturated rings. The lowest BCUT2D eigenvalue weighted by atomic mass is 10.1. The fourth-order valence-electron chi connectivity index (χ4n) is 2.35. The summed E-state index contributed by atoms with van der Waals surface area (Å²) >= 11 is 0. The molecule has 94 valence electrons. The Morgan fingerprint density at radius 1 is 1.53 bits per heavy atom. The Balaban J connectivity index is 1.81. The molecule has 0 saturated carbocycles. The summed E-state index contributed by atoms with van der Waals surface area (Å²) in [4.78, 5) is 10.7. The van der Waals surface area contributed by atoms with Gasteiger partial charge in [0.25, 0.3) is 0 Å². The minimum atomic E-state index is 0.658. The first-order valence-corrected chi connectivity index (χ1v) is 6.59. The van der Waals surface area contributed by atoms with E-state index in [0.717, 1.165) is 25.3 Å². The summed E-state index contributed by atoms with van der Waals surface area (Å²) in [5, 5.41) is 3.61. The van der Waals surface area contributed by atoms with Crippen LogP contribution in [0.25, 0.3) is 0 Å². The van der Waals surface area contributed by atoms with Gasteiger partial charge in [0.15, 0.2) is 0 Å². The summed E-state index contributed by atoms with van der Waals surface area (Å²) in [5.41, 5.74) is 1.12. The highest BCUT2D eigenvalue weighted by molar-refractivity contribution is 4.98. The summed E-state index contributed by atoms with van der Waals surface area (Å²) in [6.45, 7) is 6.63. The van der Waals surface area contributed by atoms with Gasteiger partial charge in [-0.05, 0) is 38.4 Å². The van der Waals surface area contributed by atoms with Crippen molar-refractivity contribution in [2.45, 2.75) is 38.8 Å². The van der Waals surface area contributed by atoms with Crippen molar-refractivity contribution in [3.63, 3.8) is 0 Å². The van der Waals surface area contributed by atoms with E-state index >= 15 is 0 Å². The summed E-state index contributed by atoms with van der Waals surface area (Å²) in [6.07, 6.45) is 7.25. The van der Waals surface area contributed by atoms with E-state index in [4.69, 9.17) is 0 Å². The van der Waals surface area contributed by atoms with Crippen LogP contribution >= 0.6 is 0 Å². The predicted molar refractivity (Wildman–Crippen MR) is 68.6 cm³/mol. The average Bonchev–Trinajstić information content (AvgIpc) is 2.38. The average molecular weight is 234 g/mol. The Hall–Kier alpha value is -1.00. The molecule has 1 aromatic heterocycles. The maximum Gasteiger partial charge on any atom is 0.115 e. The van der Waals surface area contributed by atoms with Gasteiger partial charge in [0.2, 0.25) is 0 Å². The van der Waals surface area contributed by atoms with Gasteiger partial charge in [-0.25, -0.2) is 9.97 Å². The first-order chi connectivity index (χ1) is 8.38. The second-order valence-electron chi connectivity index (χ2n) is 4.73. The molecule has 0 radical (unpaired) electrons. The summed E-state index contributed by atoms with van der Waals surface area (Å²) in [7, 11) is 0. The Kier molecular flexibility index (Phi) is 4.88. The second-order valence-corrected chi connectivity index (χ2v) is 4.73. The lowest BCUT2D eigenvalue weighted by Crippen LogP contribution is -2.45. The highest BCUT2D eigenvalue weighted by Crippen LogP contribution is 2.12. The molecule has 0 amide bonds. The van der Waals surface area contributed by atoms with E-state index in [1.54, 1.807) is 6.33 Å². The normalized spacial score (nSPS) is 21.6. The number of hydrogen-bond acceptors (Lipinski definition) is 4. The molecule has 1 N–H and O–H groups in total. The van der Waals surface area contributed by atoms with Gasteiger partial charge in [0.05, 0.1) is 5.69 Å². The molecule has 1 aliphatic heterocycles. The van der Waals surface area contributed by atoms with Crippen LogP contribution < -0.4 is 5.32 Å². The quantitative estimate of drug-likeness (QED) is 0.837. The predicted octanol–water partition coefficient (Wildman–Crippen LogP) is 1.44. The van der Waals surface area contributed by atoms with Crippen LogP contribution in [0.5, 0.6) is 0 Å². The summed E-state index contributed by atoms with van der Waals surface area (Å²) in [6, 6.07) is 2.66.